The largest absolute Gasteiger partial charge is 0.375 e. The Balaban J connectivity index is 1.63. The number of hydrogen-bond donors (Lipinski definition) is 3. The first-order chi connectivity index (χ1) is 14.5. The van der Waals surface area contributed by atoms with Gasteiger partial charge in [-0.2, -0.15) is 0 Å². The summed E-state index contributed by atoms with van der Waals surface area (Å²) in [5, 5.41) is 14.8. The lowest BCUT2D eigenvalue weighted by Gasteiger charge is -2.32. The smallest absolute Gasteiger partial charge is 0.136 e. The molecule has 2 aliphatic rings. The number of rotatable bonds is 5. The first kappa shape index (κ1) is 20.8. The molecule has 7 heteroatoms. The number of nitrogens with one attached hydrogen (secondary N) is 3. The fraction of sp³-hybridized carbons (Fsp3) is 0.522. The maximum absolute atomic E-state index is 7.90. The highest BCUT2D eigenvalue weighted by molar-refractivity contribution is 5.88. The van der Waals surface area contributed by atoms with Crippen LogP contribution in [0.4, 0.5) is 17.3 Å². The minimum Gasteiger partial charge on any atom is -0.375 e. The summed E-state index contributed by atoms with van der Waals surface area (Å²) in [6, 6.07) is 6.34. The molecular formula is C23H32N6O. The first-order valence-electron chi connectivity index (χ1n) is 10.9. The Labute approximate surface area is 178 Å². The summed E-state index contributed by atoms with van der Waals surface area (Å²) >= 11 is 0. The lowest BCUT2D eigenvalue weighted by Crippen LogP contribution is -2.41. The van der Waals surface area contributed by atoms with Crippen LogP contribution in [0.2, 0.25) is 0 Å². The summed E-state index contributed by atoms with van der Waals surface area (Å²) in [7, 11) is 0. The highest BCUT2D eigenvalue weighted by atomic mass is 16.5. The molecule has 0 amide bonds. The monoisotopic (exact) mass is 408 g/mol. The molecule has 1 aromatic carbocycles. The molecule has 2 aromatic rings. The Morgan fingerprint density at radius 1 is 1.20 bits per heavy atom. The van der Waals surface area contributed by atoms with Gasteiger partial charge in [0.25, 0.3) is 0 Å². The van der Waals surface area contributed by atoms with Gasteiger partial charge in [-0.25, -0.2) is 9.97 Å². The van der Waals surface area contributed by atoms with E-state index >= 15 is 0 Å². The molecule has 3 N–H and O–H groups in total. The standard InChI is InChI=1S/C23H32N6O/c1-15-10-19(13-24)21(11-20(15)18-4-6-25-7-5-18)28-22-12-23(27-17(3)26-22)29-8-9-30-16(2)14-29/h10-13,16,18,24-25H,4-9,14H2,1-3H3,(H,26,27,28). The molecular weight excluding hydrogens is 376 g/mol. The van der Waals surface area contributed by atoms with Gasteiger partial charge in [-0.3, -0.25) is 0 Å². The Bertz CT molecular complexity index is 909. The van der Waals surface area contributed by atoms with E-state index in [-0.39, 0.29) is 6.10 Å². The zero-order valence-electron chi connectivity index (χ0n) is 18.2. The summed E-state index contributed by atoms with van der Waals surface area (Å²) in [6.07, 6.45) is 3.91. The van der Waals surface area contributed by atoms with Crippen LogP contribution in [0.25, 0.3) is 0 Å². The average molecular weight is 409 g/mol. The third-order valence-electron chi connectivity index (χ3n) is 6.02. The summed E-state index contributed by atoms with van der Waals surface area (Å²) in [5.41, 5.74) is 4.44. The van der Waals surface area contributed by atoms with Gasteiger partial charge in [0, 0.05) is 36.6 Å². The van der Waals surface area contributed by atoms with Crippen LogP contribution < -0.4 is 15.5 Å². The van der Waals surface area contributed by atoms with Gasteiger partial charge in [0.2, 0.25) is 0 Å². The number of ether oxygens (including phenoxy) is 1. The van der Waals surface area contributed by atoms with Crippen LogP contribution in [0.1, 0.15) is 48.2 Å². The first-order valence-corrected chi connectivity index (χ1v) is 10.9. The second-order valence-electron chi connectivity index (χ2n) is 8.38. The van der Waals surface area contributed by atoms with Crippen LogP contribution in [0.3, 0.4) is 0 Å². The Kier molecular flexibility index (Phi) is 6.29. The van der Waals surface area contributed by atoms with E-state index in [9.17, 15) is 0 Å². The second kappa shape index (κ2) is 9.10. The molecule has 0 saturated carbocycles. The number of morpholine rings is 1. The predicted molar refractivity (Wildman–Crippen MR) is 122 cm³/mol. The van der Waals surface area contributed by atoms with Crippen molar-refractivity contribution in [1.29, 1.82) is 5.41 Å². The quantitative estimate of drug-likeness (QED) is 0.656. The van der Waals surface area contributed by atoms with Crippen LogP contribution in [0.15, 0.2) is 18.2 Å². The van der Waals surface area contributed by atoms with Crippen molar-refractivity contribution in [1.82, 2.24) is 15.3 Å². The van der Waals surface area contributed by atoms with Crippen molar-refractivity contribution in [2.24, 2.45) is 0 Å². The predicted octanol–water partition coefficient (Wildman–Crippen LogP) is 3.53. The summed E-state index contributed by atoms with van der Waals surface area (Å²) in [4.78, 5) is 11.5. The number of hydrogen-bond acceptors (Lipinski definition) is 7. The van der Waals surface area contributed by atoms with Gasteiger partial charge in [-0.05, 0) is 75.9 Å². The average Bonchev–Trinajstić information content (AvgIpc) is 2.75. The topological polar surface area (TPSA) is 86.2 Å². The van der Waals surface area contributed by atoms with Gasteiger partial charge in [0.1, 0.15) is 17.5 Å². The Morgan fingerprint density at radius 3 is 2.73 bits per heavy atom. The summed E-state index contributed by atoms with van der Waals surface area (Å²) in [6.45, 7) is 10.7. The van der Waals surface area contributed by atoms with Crippen molar-refractivity contribution >= 4 is 23.5 Å². The third kappa shape index (κ3) is 4.63. The zero-order valence-corrected chi connectivity index (χ0v) is 18.2. The van der Waals surface area contributed by atoms with Crippen LogP contribution in [-0.2, 0) is 4.74 Å². The molecule has 1 unspecified atom stereocenters. The molecule has 0 spiro atoms. The SMILES string of the molecule is Cc1nc(Nc2cc(C3CCNCC3)c(C)cc2C=N)cc(N2CCOC(C)C2)n1. The molecule has 2 saturated heterocycles. The molecule has 0 bridgehead atoms. The van der Waals surface area contributed by atoms with Crippen molar-refractivity contribution in [3.63, 3.8) is 0 Å². The highest BCUT2D eigenvalue weighted by Gasteiger charge is 2.21. The normalized spacial score (nSPS) is 20.2. The van der Waals surface area contributed by atoms with Crippen LogP contribution in [-0.4, -0.2) is 55.1 Å². The molecule has 1 aromatic heterocycles. The Hall–Kier alpha value is -2.51. The molecule has 2 aliphatic heterocycles. The number of anilines is 3. The van der Waals surface area contributed by atoms with E-state index < -0.39 is 0 Å². The molecule has 4 rings (SSSR count). The van der Waals surface area contributed by atoms with Gasteiger partial charge in [0.15, 0.2) is 0 Å². The number of nitrogens with zero attached hydrogens (tertiary/aromatic N) is 3. The van der Waals surface area contributed by atoms with Crippen molar-refractivity contribution in [3.8, 4) is 0 Å². The fourth-order valence-corrected chi connectivity index (χ4v) is 4.49. The molecule has 30 heavy (non-hydrogen) atoms. The number of aromatic nitrogens is 2. The number of piperidine rings is 1. The lowest BCUT2D eigenvalue weighted by atomic mass is 9.86. The van der Waals surface area contributed by atoms with E-state index in [0.717, 1.165) is 67.7 Å². The van der Waals surface area contributed by atoms with Crippen molar-refractivity contribution in [2.75, 3.05) is 43.0 Å². The number of aryl methyl sites for hydroxylation is 2. The van der Waals surface area contributed by atoms with Crippen LogP contribution >= 0.6 is 0 Å². The molecule has 160 valence electrons. The third-order valence-corrected chi connectivity index (χ3v) is 6.02. The van der Waals surface area contributed by atoms with E-state index in [2.05, 4.69) is 51.5 Å². The number of benzene rings is 1. The van der Waals surface area contributed by atoms with Crippen molar-refractivity contribution < 1.29 is 4.74 Å². The van der Waals surface area contributed by atoms with Crippen molar-refractivity contribution in [3.05, 3.63) is 40.7 Å². The maximum Gasteiger partial charge on any atom is 0.136 e. The van der Waals surface area contributed by atoms with Gasteiger partial charge < -0.3 is 25.7 Å². The fourth-order valence-electron chi connectivity index (χ4n) is 4.49. The minimum absolute atomic E-state index is 0.194. The van der Waals surface area contributed by atoms with Crippen LogP contribution in [0.5, 0.6) is 0 Å². The van der Waals surface area contributed by atoms with E-state index in [0.29, 0.717) is 12.5 Å². The maximum atomic E-state index is 7.90. The molecule has 2 fully saturated rings. The van der Waals surface area contributed by atoms with Crippen LogP contribution in [0, 0.1) is 19.3 Å². The van der Waals surface area contributed by atoms with E-state index in [1.807, 2.05) is 13.0 Å². The lowest BCUT2D eigenvalue weighted by molar-refractivity contribution is 0.0529. The molecule has 3 heterocycles. The molecule has 7 nitrogen and oxygen atoms in total. The van der Waals surface area contributed by atoms with Gasteiger partial charge in [0.05, 0.1) is 12.7 Å². The van der Waals surface area contributed by atoms with E-state index in [1.54, 1.807) is 0 Å². The summed E-state index contributed by atoms with van der Waals surface area (Å²) in [5.74, 6) is 2.97. The van der Waals surface area contributed by atoms with Gasteiger partial charge >= 0.3 is 0 Å². The minimum atomic E-state index is 0.194. The van der Waals surface area contributed by atoms with Gasteiger partial charge in [-0.15, -0.1) is 0 Å². The van der Waals surface area contributed by atoms with E-state index in [4.69, 9.17) is 10.1 Å². The highest BCUT2D eigenvalue weighted by Crippen LogP contribution is 2.33. The summed E-state index contributed by atoms with van der Waals surface area (Å²) < 4.78 is 5.67. The molecule has 0 aliphatic carbocycles. The van der Waals surface area contributed by atoms with Crippen molar-refractivity contribution in [2.45, 2.75) is 45.6 Å². The zero-order chi connectivity index (χ0) is 21.1. The second-order valence-corrected chi connectivity index (χ2v) is 8.38. The molecule has 0 radical (unpaired) electrons. The van der Waals surface area contributed by atoms with Gasteiger partial charge in [-0.1, -0.05) is 0 Å². The molecule has 1 atom stereocenters. The van der Waals surface area contributed by atoms with E-state index in [1.165, 1.54) is 17.3 Å². The Morgan fingerprint density at radius 2 is 2.00 bits per heavy atom.